The predicted octanol–water partition coefficient (Wildman–Crippen LogP) is 4.67. The molecule has 0 spiro atoms. The molecule has 36 heavy (non-hydrogen) atoms. The van der Waals surface area contributed by atoms with Gasteiger partial charge in [0.2, 0.25) is 5.75 Å². The molecule has 186 valence electrons. The molecule has 0 aliphatic rings. The number of esters is 1. The quantitative estimate of drug-likeness (QED) is 0.254. The lowest BCUT2D eigenvalue weighted by Crippen LogP contribution is -2.27. The third-order valence-electron chi connectivity index (χ3n) is 5.34. The minimum absolute atomic E-state index is 0.0705. The van der Waals surface area contributed by atoms with Crippen LogP contribution in [0.15, 0.2) is 83.9 Å². The summed E-state index contributed by atoms with van der Waals surface area (Å²) in [5.74, 6) is 0.147. The summed E-state index contributed by atoms with van der Waals surface area (Å²) in [7, 11) is 5.79. The number of methoxy groups -OCH3 is 4. The summed E-state index contributed by atoms with van der Waals surface area (Å²) in [4.78, 5) is 26.4. The molecule has 7 nitrogen and oxygen atoms in total. The molecule has 0 unspecified atom stereocenters. The predicted molar refractivity (Wildman–Crippen MR) is 139 cm³/mol. The molecule has 0 aliphatic carbocycles. The van der Waals surface area contributed by atoms with Crippen LogP contribution in [0.5, 0.6) is 17.2 Å². The first kappa shape index (κ1) is 26.1. The van der Waals surface area contributed by atoms with Crippen LogP contribution < -0.4 is 19.5 Å². The van der Waals surface area contributed by atoms with Crippen molar-refractivity contribution in [2.75, 3.05) is 28.4 Å². The van der Waals surface area contributed by atoms with E-state index in [2.05, 4.69) is 5.32 Å². The van der Waals surface area contributed by atoms with Gasteiger partial charge in [-0.2, -0.15) is 0 Å². The number of rotatable bonds is 10. The molecule has 0 fully saturated rings. The van der Waals surface area contributed by atoms with Gasteiger partial charge in [0.1, 0.15) is 0 Å². The van der Waals surface area contributed by atoms with Gasteiger partial charge in [0.05, 0.1) is 39.6 Å². The summed E-state index contributed by atoms with van der Waals surface area (Å²) in [6.45, 7) is 0.296. The fraction of sp³-hybridized carbons (Fsp3) is 0.172. The largest absolute Gasteiger partial charge is 0.493 e. The summed E-state index contributed by atoms with van der Waals surface area (Å²) < 4.78 is 21.3. The minimum Gasteiger partial charge on any atom is -0.493 e. The van der Waals surface area contributed by atoms with E-state index in [1.807, 2.05) is 60.7 Å². The number of amides is 1. The zero-order chi connectivity index (χ0) is 25.9. The molecule has 7 heteroatoms. The van der Waals surface area contributed by atoms with E-state index >= 15 is 0 Å². The van der Waals surface area contributed by atoms with Gasteiger partial charge in [0, 0.05) is 6.54 Å². The molecule has 0 aromatic heterocycles. The number of nitrogens with one attached hydrogen (secondary N) is 1. The SMILES string of the molecule is COC(=O)C(=C/c1cc(OC)c(OC)c(OC)c1)/C(=C\c1ccccc1)C(=O)NCc1ccccc1. The molecule has 0 radical (unpaired) electrons. The Balaban J connectivity index is 2.11. The third kappa shape index (κ3) is 6.54. The molecular weight excluding hydrogens is 458 g/mol. The smallest absolute Gasteiger partial charge is 0.338 e. The lowest BCUT2D eigenvalue weighted by Gasteiger charge is -2.15. The van der Waals surface area contributed by atoms with Gasteiger partial charge < -0.3 is 24.3 Å². The number of hydrogen-bond acceptors (Lipinski definition) is 6. The van der Waals surface area contributed by atoms with Crippen molar-refractivity contribution in [1.82, 2.24) is 5.32 Å². The Morgan fingerprint density at radius 3 is 1.81 bits per heavy atom. The van der Waals surface area contributed by atoms with Crippen molar-refractivity contribution in [3.05, 3.63) is 101 Å². The minimum atomic E-state index is -0.666. The van der Waals surface area contributed by atoms with Crippen molar-refractivity contribution < 1.29 is 28.5 Å². The Kier molecular flexibility index (Phi) is 9.28. The number of ether oxygens (including phenoxy) is 4. The normalized spacial score (nSPS) is 11.4. The Bertz CT molecular complexity index is 1220. The van der Waals surface area contributed by atoms with E-state index in [-0.39, 0.29) is 11.1 Å². The second kappa shape index (κ2) is 12.8. The van der Waals surface area contributed by atoms with Gasteiger partial charge in [-0.3, -0.25) is 4.79 Å². The van der Waals surface area contributed by atoms with Crippen molar-refractivity contribution in [3.63, 3.8) is 0 Å². The van der Waals surface area contributed by atoms with Crippen LogP contribution >= 0.6 is 0 Å². The van der Waals surface area contributed by atoms with Crippen LogP contribution in [0.2, 0.25) is 0 Å². The molecule has 3 aromatic carbocycles. The van der Waals surface area contributed by atoms with Crippen LogP contribution in [0.4, 0.5) is 0 Å². The molecule has 0 atom stereocenters. The van der Waals surface area contributed by atoms with E-state index in [9.17, 15) is 9.59 Å². The highest BCUT2D eigenvalue weighted by Crippen LogP contribution is 2.39. The van der Waals surface area contributed by atoms with E-state index < -0.39 is 11.9 Å². The van der Waals surface area contributed by atoms with Crippen LogP contribution in [0.25, 0.3) is 12.2 Å². The highest BCUT2D eigenvalue weighted by Gasteiger charge is 2.23. The Hall–Kier alpha value is -4.52. The fourth-order valence-corrected chi connectivity index (χ4v) is 3.56. The second-order valence-corrected chi connectivity index (χ2v) is 7.65. The molecule has 1 amide bonds. The number of benzene rings is 3. The summed E-state index contributed by atoms with van der Waals surface area (Å²) in [5, 5.41) is 2.90. The molecular formula is C29H29NO6. The molecule has 0 saturated heterocycles. The van der Waals surface area contributed by atoms with E-state index in [0.29, 0.717) is 29.4 Å². The van der Waals surface area contributed by atoms with Crippen LogP contribution in [-0.4, -0.2) is 40.3 Å². The first-order chi connectivity index (χ1) is 17.5. The number of carbonyl (C=O) groups excluding carboxylic acids is 2. The average molecular weight is 488 g/mol. The second-order valence-electron chi connectivity index (χ2n) is 7.65. The molecule has 0 bridgehead atoms. The van der Waals surface area contributed by atoms with Crippen molar-refractivity contribution in [2.45, 2.75) is 6.54 Å². The van der Waals surface area contributed by atoms with Crippen molar-refractivity contribution in [1.29, 1.82) is 0 Å². The first-order valence-electron chi connectivity index (χ1n) is 11.2. The van der Waals surface area contributed by atoms with Gasteiger partial charge in [0.25, 0.3) is 5.91 Å². The standard InChI is InChI=1S/C29H29NO6/c1-33-25-17-22(18-26(34-2)27(25)35-3)16-24(29(32)36-4)23(15-20-11-7-5-8-12-20)28(31)30-19-21-13-9-6-10-14-21/h5-18H,19H2,1-4H3,(H,30,31)/b23-15+,24-16+. The summed E-state index contributed by atoms with van der Waals surface area (Å²) >= 11 is 0. The van der Waals surface area contributed by atoms with E-state index in [1.54, 1.807) is 24.3 Å². The molecule has 0 heterocycles. The van der Waals surface area contributed by atoms with Gasteiger partial charge in [-0.05, 0) is 41.0 Å². The van der Waals surface area contributed by atoms with Crippen molar-refractivity contribution >= 4 is 24.0 Å². The number of carbonyl (C=O) groups is 2. The molecule has 3 aromatic rings. The zero-order valence-corrected chi connectivity index (χ0v) is 20.7. The van der Waals surface area contributed by atoms with Crippen LogP contribution in [0.3, 0.4) is 0 Å². The van der Waals surface area contributed by atoms with Crippen LogP contribution in [-0.2, 0) is 20.9 Å². The molecule has 0 saturated carbocycles. The summed E-state index contributed by atoms with van der Waals surface area (Å²) in [5.41, 5.74) is 2.46. The lowest BCUT2D eigenvalue weighted by atomic mass is 9.98. The monoisotopic (exact) mass is 487 g/mol. The maximum absolute atomic E-state index is 13.4. The fourth-order valence-electron chi connectivity index (χ4n) is 3.56. The van der Waals surface area contributed by atoms with Crippen molar-refractivity contribution in [2.24, 2.45) is 0 Å². The highest BCUT2D eigenvalue weighted by molar-refractivity contribution is 6.14. The Morgan fingerprint density at radius 1 is 0.722 bits per heavy atom. The molecule has 0 aliphatic heterocycles. The topological polar surface area (TPSA) is 83.1 Å². The van der Waals surface area contributed by atoms with E-state index in [4.69, 9.17) is 18.9 Å². The Morgan fingerprint density at radius 2 is 1.28 bits per heavy atom. The maximum Gasteiger partial charge on any atom is 0.338 e. The van der Waals surface area contributed by atoms with Crippen molar-refractivity contribution in [3.8, 4) is 17.2 Å². The van der Waals surface area contributed by atoms with E-state index in [1.165, 1.54) is 28.4 Å². The van der Waals surface area contributed by atoms with Gasteiger partial charge in [-0.1, -0.05) is 60.7 Å². The van der Waals surface area contributed by atoms with Crippen LogP contribution in [0, 0.1) is 0 Å². The Labute approximate surface area is 211 Å². The average Bonchev–Trinajstić information content (AvgIpc) is 2.93. The summed E-state index contributed by atoms with van der Waals surface area (Å²) in [6.07, 6.45) is 3.22. The highest BCUT2D eigenvalue weighted by atomic mass is 16.5. The zero-order valence-electron chi connectivity index (χ0n) is 20.7. The van der Waals surface area contributed by atoms with Crippen LogP contribution in [0.1, 0.15) is 16.7 Å². The maximum atomic E-state index is 13.4. The van der Waals surface area contributed by atoms with E-state index in [0.717, 1.165) is 11.1 Å². The van der Waals surface area contributed by atoms with Gasteiger partial charge in [0.15, 0.2) is 11.5 Å². The first-order valence-corrected chi connectivity index (χ1v) is 11.2. The van der Waals surface area contributed by atoms with Gasteiger partial charge in [-0.15, -0.1) is 0 Å². The third-order valence-corrected chi connectivity index (χ3v) is 5.34. The van der Waals surface area contributed by atoms with Gasteiger partial charge in [-0.25, -0.2) is 4.79 Å². The van der Waals surface area contributed by atoms with Gasteiger partial charge >= 0.3 is 5.97 Å². The molecule has 3 rings (SSSR count). The molecule has 1 N–H and O–H groups in total. The summed E-state index contributed by atoms with van der Waals surface area (Å²) in [6, 6.07) is 22.2. The number of hydrogen-bond donors (Lipinski definition) is 1. The lowest BCUT2D eigenvalue weighted by molar-refractivity contribution is -0.136.